The predicted molar refractivity (Wildman–Crippen MR) is 110 cm³/mol. The van der Waals surface area contributed by atoms with Crippen LogP contribution in [0, 0.1) is 6.92 Å². The molecule has 1 amide bonds. The maximum atomic E-state index is 12.6. The molecule has 7 nitrogen and oxygen atoms in total. The second-order valence-electron chi connectivity index (χ2n) is 6.43. The summed E-state index contributed by atoms with van der Waals surface area (Å²) in [6.07, 6.45) is 1.58. The third-order valence-electron chi connectivity index (χ3n) is 4.24. The first-order valence-electron chi connectivity index (χ1n) is 9.13. The average Bonchev–Trinajstić information content (AvgIpc) is 3.18. The lowest BCUT2D eigenvalue weighted by Gasteiger charge is -2.23. The maximum absolute atomic E-state index is 12.6. The molecule has 0 fully saturated rings. The smallest absolute Gasteiger partial charge is 0.275 e. The van der Waals surface area contributed by atoms with Crippen LogP contribution in [0.15, 0.2) is 83.5 Å². The summed E-state index contributed by atoms with van der Waals surface area (Å²) in [5, 5.41) is 6.46. The number of carbonyl (C=O) groups is 1. The van der Waals surface area contributed by atoms with E-state index in [-0.39, 0.29) is 11.6 Å². The van der Waals surface area contributed by atoms with Crippen molar-refractivity contribution >= 4 is 23.4 Å². The number of rotatable bonds is 6. The molecule has 0 atom stereocenters. The predicted octanol–water partition coefficient (Wildman–Crippen LogP) is 4.36. The molecule has 2 aromatic heterocycles. The fourth-order valence-corrected chi connectivity index (χ4v) is 2.86. The van der Waals surface area contributed by atoms with Crippen molar-refractivity contribution in [1.82, 2.24) is 15.1 Å². The molecule has 7 heteroatoms. The van der Waals surface area contributed by atoms with Crippen molar-refractivity contribution in [3.8, 4) is 0 Å². The summed E-state index contributed by atoms with van der Waals surface area (Å²) >= 11 is 0. The Morgan fingerprint density at radius 2 is 1.76 bits per heavy atom. The van der Waals surface area contributed by atoms with E-state index in [2.05, 4.69) is 20.4 Å². The maximum Gasteiger partial charge on any atom is 0.275 e. The van der Waals surface area contributed by atoms with Crippen LogP contribution in [-0.4, -0.2) is 21.0 Å². The van der Waals surface area contributed by atoms with E-state index in [1.54, 1.807) is 25.3 Å². The Morgan fingerprint density at radius 1 is 1.03 bits per heavy atom. The van der Waals surface area contributed by atoms with Crippen molar-refractivity contribution in [3.63, 3.8) is 0 Å². The summed E-state index contributed by atoms with van der Waals surface area (Å²) in [4.78, 5) is 23.5. The minimum Gasteiger partial charge on any atom is -0.360 e. The Bertz CT molecular complexity index is 1100. The number of benzene rings is 2. The number of carbonyl (C=O) groups excluding carboxylic acids is 1. The Kier molecular flexibility index (Phi) is 5.29. The summed E-state index contributed by atoms with van der Waals surface area (Å²) in [7, 11) is 0. The average molecular weight is 385 g/mol. The van der Waals surface area contributed by atoms with E-state index in [9.17, 15) is 4.79 Å². The van der Waals surface area contributed by atoms with Gasteiger partial charge >= 0.3 is 0 Å². The number of aromatic nitrogens is 3. The fraction of sp³-hybridized carbons (Fsp3) is 0.0909. The van der Waals surface area contributed by atoms with Crippen LogP contribution in [0.1, 0.15) is 21.8 Å². The minimum atomic E-state index is -0.380. The zero-order chi connectivity index (χ0) is 20.1. The van der Waals surface area contributed by atoms with Gasteiger partial charge in [0.25, 0.3) is 5.91 Å². The molecule has 0 spiro atoms. The number of nitrogens with one attached hydrogen (secondary N) is 1. The lowest BCUT2D eigenvalue weighted by molar-refractivity contribution is 0.102. The molecule has 0 saturated carbocycles. The molecule has 0 saturated heterocycles. The Balaban J connectivity index is 1.64. The van der Waals surface area contributed by atoms with Gasteiger partial charge in [-0.2, -0.15) is 0 Å². The highest BCUT2D eigenvalue weighted by molar-refractivity contribution is 6.02. The van der Waals surface area contributed by atoms with Crippen LogP contribution >= 0.6 is 0 Å². The minimum absolute atomic E-state index is 0.240. The highest BCUT2D eigenvalue weighted by Gasteiger charge is 2.17. The number of anilines is 3. The molecule has 0 unspecified atom stereocenters. The van der Waals surface area contributed by atoms with Crippen molar-refractivity contribution in [3.05, 3.63) is 96.0 Å². The molecule has 2 heterocycles. The molecule has 1 N–H and O–H groups in total. The number of amides is 1. The fourth-order valence-electron chi connectivity index (χ4n) is 2.86. The molecule has 29 heavy (non-hydrogen) atoms. The van der Waals surface area contributed by atoms with Gasteiger partial charge < -0.3 is 14.7 Å². The van der Waals surface area contributed by atoms with Gasteiger partial charge in [-0.05, 0) is 30.7 Å². The van der Waals surface area contributed by atoms with Gasteiger partial charge in [-0.1, -0.05) is 53.7 Å². The van der Waals surface area contributed by atoms with Crippen molar-refractivity contribution in [1.29, 1.82) is 0 Å². The monoisotopic (exact) mass is 385 g/mol. The van der Waals surface area contributed by atoms with Crippen LogP contribution in [-0.2, 0) is 6.54 Å². The molecule has 0 aliphatic rings. The van der Waals surface area contributed by atoms with E-state index in [1.807, 2.05) is 65.6 Å². The molecular formula is C22H19N5O2. The normalized spacial score (nSPS) is 10.5. The Hall–Kier alpha value is -4.00. The van der Waals surface area contributed by atoms with Crippen LogP contribution in [0.2, 0.25) is 0 Å². The molecule has 2 aromatic carbocycles. The molecule has 0 radical (unpaired) electrons. The van der Waals surface area contributed by atoms with Gasteiger partial charge in [0.2, 0.25) is 5.95 Å². The van der Waals surface area contributed by atoms with E-state index in [0.29, 0.717) is 24.1 Å². The molecule has 0 bridgehead atoms. The topological polar surface area (TPSA) is 84.2 Å². The standard InChI is InChI=1S/C22H19N5O2/c1-16-14-20(26-29-16)25-21(28)19-12-13-23-22(24-19)27(18-10-6-3-7-11-18)15-17-8-4-2-5-9-17/h2-14H,15H2,1H3,(H,25,26,28). The third kappa shape index (κ3) is 4.47. The van der Waals surface area contributed by atoms with Gasteiger partial charge in [0.15, 0.2) is 5.82 Å². The van der Waals surface area contributed by atoms with E-state index in [0.717, 1.165) is 11.3 Å². The molecule has 4 rings (SSSR count). The number of aryl methyl sites for hydroxylation is 1. The number of para-hydroxylation sites is 1. The lowest BCUT2D eigenvalue weighted by atomic mass is 10.2. The Labute approximate surface area is 168 Å². The van der Waals surface area contributed by atoms with Crippen molar-refractivity contribution < 1.29 is 9.32 Å². The number of hydrogen-bond acceptors (Lipinski definition) is 6. The summed E-state index contributed by atoms with van der Waals surface area (Å²) < 4.78 is 4.98. The van der Waals surface area contributed by atoms with E-state index in [4.69, 9.17) is 4.52 Å². The number of nitrogens with zero attached hydrogens (tertiary/aromatic N) is 4. The first-order valence-corrected chi connectivity index (χ1v) is 9.13. The van der Waals surface area contributed by atoms with Gasteiger partial charge in [0.1, 0.15) is 11.5 Å². The van der Waals surface area contributed by atoms with Gasteiger partial charge in [0.05, 0.1) is 6.54 Å². The zero-order valence-electron chi connectivity index (χ0n) is 15.8. The van der Waals surface area contributed by atoms with Crippen LogP contribution in [0.4, 0.5) is 17.5 Å². The van der Waals surface area contributed by atoms with E-state index >= 15 is 0 Å². The van der Waals surface area contributed by atoms with Crippen molar-refractivity contribution in [2.45, 2.75) is 13.5 Å². The molecule has 4 aromatic rings. The number of hydrogen-bond donors (Lipinski definition) is 1. The highest BCUT2D eigenvalue weighted by atomic mass is 16.5. The van der Waals surface area contributed by atoms with Gasteiger partial charge in [-0.25, -0.2) is 9.97 Å². The van der Waals surface area contributed by atoms with Crippen molar-refractivity contribution in [2.75, 3.05) is 10.2 Å². The summed E-state index contributed by atoms with van der Waals surface area (Å²) in [6, 6.07) is 23.1. The van der Waals surface area contributed by atoms with Crippen LogP contribution in [0.25, 0.3) is 0 Å². The Morgan fingerprint density at radius 3 is 2.45 bits per heavy atom. The van der Waals surface area contributed by atoms with Crippen molar-refractivity contribution in [2.24, 2.45) is 0 Å². The van der Waals surface area contributed by atoms with Gasteiger partial charge in [-0.15, -0.1) is 0 Å². The van der Waals surface area contributed by atoms with Crippen LogP contribution < -0.4 is 10.2 Å². The zero-order valence-corrected chi connectivity index (χ0v) is 15.8. The second kappa shape index (κ2) is 8.35. The third-order valence-corrected chi connectivity index (χ3v) is 4.24. The molecule has 0 aliphatic carbocycles. The van der Waals surface area contributed by atoms with Gasteiger partial charge in [0, 0.05) is 18.0 Å². The van der Waals surface area contributed by atoms with E-state index < -0.39 is 0 Å². The largest absolute Gasteiger partial charge is 0.360 e. The second-order valence-corrected chi connectivity index (χ2v) is 6.43. The van der Waals surface area contributed by atoms with Gasteiger partial charge in [-0.3, -0.25) is 4.79 Å². The van der Waals surface area contributed by atoms with Crippen LogP contribution in [0.5, 0.6) is 0 Å². The molecular weight excluding hydrogens is 366 g/mol. The van der Waals surface area contributed by atoms with E-state index in [1.165, 1.54) is 0 Å². The SMILES string of the molecule is Cc1cc(NC(=O)c2ccnc(N(Cc3ccccc3)c3ccccc3)n2)no1. The molecule has 0 aliphatic heterocycles. The summed E-state index contributed by atoms with van der Waals surface area (Å²) in [5.74, 6) is 1.01. The molecule has 144 valence electrons. The first-order chi connectivity index (χ1) is 14.2. The lowest BCUT2D eigenvalue weighted by Crippen LogP contribution is -2.21. The first kappa shape index (κ1) is 18.4. The highest BCUT2D eigenvalue weighted by Crippen LogP contribution is 2.24. The quantitative estimate of drug-likeness (QED) is 0.531. The van der Waals surface area contributed by atoms with Crippen LogP contribution in [0.3, 0.4) is 0 Å². The summed E-state index contributed by atoms with van der Waals surface area (Å²) in [5.41, 5.74) is 2.28. The summed E-state index contributed by atoms with van der Waals surface area (Å²) in [6.45, 7) is 2.32.